The number of rotatable bonds is 2. The molecule has 0 radical (unpaired) electrons. The molecule has 2 aliphatic rings. The van der Waals surface area contributed by atoms with Gasteiger partial charge in [0.2, 0.25) is 5.78 Å². The summed E-state index contributed by atoms with van der Waals surface area (Å²) in [6.07, 6.45) is 6.96. The minimum Gasteiger partial charge on any atom is -0.509 e. The average Bonchev–Trinajstić information content (AvgIpc) is 3.08. The number of hydrogen-bond acceptors (Lipinski definition) is 3. The van der Waals surface area contributed by atoms with Gasteiger partial charge in [-0.3, -0.25) is 9.59 Å². The second-order valence-corrected chi connectivity index (χ2v) is 6.62. The van der Waals surface area contributed by atoms with Crippen molar-refractivity contribution in [1.29, 1.82) is 0 Å². The van der Waals surface area contributed by atoms with Crippen LogP contribution in [0.25, 0.3) is 11.1 Å². The lowest BCUT2D eigenvalue weighted by Gasteiger charge is -2.42. The summed E-state index contributed by atoms with van der Waals surface area (Å²) in [6, 6.07) is 11.6. The van der Waals surface area contributed by atoms with Gasteiger partial charge in [-0.1, -0.05) is 49.6 Å². The number of nitrogens with zero attached hydrogens (tertiary/aromatic N) is 1. The first-order chi connectivity index (χ1) is 11.7. The minimum atomic E-state index is -0.648. The molecule has 0 unspecified atom stereocenters. The van der Waals surface area contributed by atoms with Crippen molar-refractivity contribution in [2.45, 2.75) is 37.6 Å². The number of benzene rings is 1. The van der Waals surface area contributed by atoms with E-state index in [1.54, 1.807) is 0 Å². The number of ketones is 1. The highest BCUT2D eigenvalue weighted by molar-refractivity contribution is 6.23. The van der Waals surface area contributed by atoms with Crippen LogP contribution in [0.3, 0.4) is 0 Å². The molecule has 0 saturated heterocycles. The number of carbonyl (C=O) groups is 2. The molecule has 1 aromatic heterocycles. The van der Waals surface area contributed by atoms with Gasteiger partial charge in [0.1, 0.15) is 16.9 Å². The lowest BCUT2D eigenvalue weighted by atomic mass is 9.75. The number of Topliss-reactive ketones (excluding diaryl/α,β-unsaturated/α-hetero) is 1. The zero-order chi connectivity index (χ0) is 16.7. The van der Waals surface area contributed by atoms with Gasteiger partial charge < -0.3 is 9.67 Å². The van der Waals surface area contributed by atoms with E-state index >= 15 is 0 Å². The highest BCUT2D eigenvalue weighted by atomic mass is 16.3. The molecule has 4 rings (SSSR count). The van der Waals surface area contributed by atoms with Crippen molar-refractivity contribution < 1.29 is 14.7 Å². The fraction of sp³-hybridized carbons (Fsp3) is 0.300. The van der Waals surface area contributed by atoms with Crippen LogP contribution in [0.1, 0.15) is 42.6 Å². The van der Waals surface area contributed by atoms with E-state index in [0.717, 1.165) is 43.2 Å². The molecule has 1 fully saturated rings. The molecule has 4 heteroatoms. The van der Waals surface area contributed by atoms with Crippen LogP contribution in [0.4, 0.5) is 0 Å². The Labute approximate surface area is 140 Å². The second-order valence-electron chi connectivity index (χ2n) is 6.62. The number of carbonyl (C=O) groups excluding carboxylic acids is 2. The summed E-state index contributed by atoms with van der Waals surface area (Å²) >= 11 is 0. The largest absolute Gasteiger partial charge is 0.509 e. The van der Waals surface area contributed by atoms with Gasteiger partial charge in [0, 0.05) is 11.8 Å². The van der Waals surface area contributed by atoms with E-state index in [9.17, 15) is 14.7 Å². The van der Waals surface area contributed by atoms with Crippen molar-refractivity contribution >= 4 is 12.1 Å². The zero-order valence-electron chi connectivity index (χ0n) is 13.4. The first-order valence-electron chi connectivity index (χ1n) is 8.40. The van der Waals surface area contributed by atoms with Gasteiger partial charge in [-0.15, -0.1) is 0 Å². The topological polar surface area (TPSA) is 59.3 Å². The Balaban J connectivity index is 1.97. The predicted molar refractivity (Wildman–Crippen MR) is 91.0 cm³/mol. The van der Waals surface area contributed by atoms with E-state index in [0.29, 0.717) is 12.0 Å². The predicted octanol–water partition coefficient (Wildman–Crippen LogP) is 4.02. The summed E-state index contributed by atoms with van der Waals surface area (Å²) in [5, 5.41) is 10.7. The number of hydrogen-bond donors (Lipinski definition) is 1. The molecule has 1 aliphatic carbocycles. The van der Waals surface area contributed by atoms with E-state index in [1.165, 1.54) is 0 Å². The van der Waals surface area contributed by atoms with E-state index in [-0.39, 0.29) is 17.1 Å². The smallest absolute Gasteiger partial charge is 0.216 e. The summed E-state index contributed by atoms with van der Waals surface area (Å²) in [7, 11) is 0. The van der Waals surface area contributed by atoms with Crippen molar-refractivity contribution in [3.8, 4) is 11.1 Å². The minimum absolute atomic E-state index is 0.0510. The van der Waals surface area contributed by atoms with Crippen LogP contribution in [0, 0.1) is 0 Å². The number of allylic oxidation sites excluding steroid dienone is 2. The molecule has 1 saturated carbocycles. The van der Waals surface area contributed by atoms with E-state index in [2.05, 4.69) is 0 Å². The zero-order valence-corrected chi connectivity index (χ0v) is 13.4. The van der Waals surface area contributed by atoms with E-state index < -0.39 is 5.54 Å². The standard InChI is InChI=1S/C20H19NO3/c22-13-16-18(23)17-15(14-7-3-1-4-8-14)9-12-21(17)20(19(16)24)10-5-2-6-11-20/h1,3-4,7-9,12-13,24H,2,5-6,10-11H2. The highest BCUT2D eigenvalue weighted by Crippen LogP contribution is 2.46. The molecule has 2 aromatic rings. The Bertz CT molecular complexity index is 839. The lowest BCUT2D eigenvalue weighted by molar-refractivity contribution is -0.105. The van der Waals surface area contributed by atoms with Crippen molar-refractivity contribution in [3.05, 3.63) is 59.6 Å². The third-order valence-electron chi connectivity index (χ3n) is 5.39. The van der Waals surface area contributed by atoms with Gasteiger partial charge in [0.05, 0.1) is 5.69 Å². The molecule has 1 aliphatic heterocycles. The summed E-state index contributed by atoms with van der Waals surface area (Å²) in [4.78, 5) is 24.4. The number of aliphatic hydroxyl groups is 1. The number of aromatic nitrogens is 1. The van der Waals surface area contributed by atoms with Crippen LogP contribution < -0.4 is 0 Å². The first-order valence-corrected chi connectivity index (χ1v) is 8.40. The lowest BCUT2D eigenvalue weighted by Crippen LogP contribution is -2.44. The van der Waals surface area contributed by atoms with Gasteiger partial charge in [0.15, 0.2) is 6.29 Å². The number of fused-ring (bicyclic) bond motifs is 2. The van der Waals surface area contributed by atoms with Gasteiger partial charge in [-0.05, 0) is 24.5 Å². The van der Waals surface area contributed by atoms with Crippen molar-refractivity contribution in [1.82, 2.24) is 4.57 Å². The Morgan fingerprint density at radius 1 is 1.04 bits per heavy atom. The Hall–Kier alpha value is -2.62. The Kier molecular flexibility index (Phi) is 3.41. The van der Waals surface area contributed by atoms with Crippen molar-refractivity contribution in [2.75, 3.05) is 0 Å². The van der Waals surface area contributed by atoms with Gasteiger partial charge >= 0.3 is 0 Å². The van der Waals surface area contributed by atoms with Crippen LogP contribution in [0.5, 0.6) is 0 Å². The van der Waals surface area contributed by atoms with E-state index in [4.69, 9.17) is 0 Å². The van der Waals surface area contributed by atoms with Crippen molar-refractivity contribution in [2.24, 2.45) is 0 Å². The monoisotopic (exact) mass is 321 g/mol. The molecule has 24 heavy (non-hydrogen) atoms. The third-order valence-corrected chi connectivity index (χ3v) is 5.39. The summed E-state index contributed by atoms with van der Waals surface area (Å²) in [6.45, 7) is 0. The van der Waals surface area contributed by atoms with Crippen LogP contribution in [0.2, 0.25) is 0 Å². The molecule has 0 amide bonds. The first kappa shape index (κ1) is 14.9. The summed E-state index contributed by atoms with van der Waals surface area (Å²) in [5.74, 6) is -0.438. The quantitative estimate of drug-likeness (QED) is 0.671. The SMILES string of the molecule is O=CC1=C(O)C2(CCCCC2)n2ccc(-c3ccccc3)c2C1=O. The fourth-order valence-corrected chi connectivity index (χ4v) is 4.19. The van der Waals surface area contributed by atoms with Crippen LogP contribution >= 0.6 is 0 Å². The summed E-state index contributed by atoms with van der Waals surface area (Å²) < 4.78 is 1.92. The maximum absolute atomic E-state index is 12.9. The Morgan fingerprint density at radius 2 is 1.75 bits per heavy atom. The number of aldehydes is 1. The summed E-state index contributed by atoms with van der Waals surface area (Å²) in [5.41, 5.74) is 1.54. The molecule has 4 nitrogen and oxygen atoms in total. The van der Waals surface area contributed by atoms with Gasteiger partial charge in [-0.2, -0.15) is 0 Å². The highest BCUT2D eigenvalue weighted by Gasteiger charge is 2.46. The van der Waals surface area contributed by atoms with E-state index in [1.807, 2.05) is 47.2 Å². The fourth-order valence-electron chi connectivity index (χ4n) is 4.19. The van der Waals surface area contributed by atoms with Crippen LogP contribution in [-0.4, -0.2) is 21.7 Å². The Morgan fingerprint density at radius 3 is 2.42 bits per heavy atom. The molecule has 122 valence electrons. The molecule has 1 N–H and O–H groups in total. The van der Waals surface area contributed by atoms with Crippen molar-refractivity contribution in [3.63, 3.8) is 0 Å². The molecule has 0 bridgehead atoms. The number of aliphatic hydroxyl groups excluding tert-OH is 1. The molecule has 2 heterocycles. The molecular formula is C20H19NO3. The van der Waals surface area contributed by atoms with Crippen LogP contribution in [-0.2, 0) is 10.3 Å². The molecule has 1 aromatic carbocycles. The second kappa shape index (κ2) is 5.48. The average molecular weight is 321 g/mol. The van der Waals surface area contributed by atoms with Gasteiger partial charge in [-0.25, -0.2) is 0 Å². The van der Waals surface area contributed by atoms with Crippen LogP contribution in [0.15, 0.2) is 53.9 Å². The third kappa shape index (κ3) is 1.92. The molecule has 0 atom stereocenters. The maximum atomic E-state index is 12.9. The molecular weight excluding hydrogens is 302 g/mol. The maximum Gasteiger partial charge on any atom is 0.216 e. The molecule has 1 spiro atoms. The normalized spacial score (nSPS) is 19.4. The van der Waals surface area contributed by atoms with Gasteiger partial charge in [0.25, 0.3) is 0 Å².